The lowest BCUT2D eigenvalue weighted by Crippen LogP contribution is -2.78. The number of piperidine rings is 1. The van der Waals surface area contributed by atoms with Gasteiger partial charge < -0.3 is 15.4 Å². The van der Waals surface area contributed by atoms with Gasteiger partial charge in [0.25, 0.3) is 0 Å². The van der Waals surface area contributed by atoms with E-state index in [4.69, 9.17) is 4.98 Å². The van der Waals surface area contributed by atoms with Crippen LogP contribution in [0, 0.1) is 5.41 Å². The number of nitrogens with one attached hydrogen (secondary N) is 3. The molecule has 170 valence electrons. The molecule has 1 saturated carbocycles. The van der Waals surface area contributed by atoms with Crippen LogP contribution in [-0.4, -0.2) is 37.4 Å². The Morgan fingerprint density at radius 2 is 1.97 bits per heavy atom. The van der Waals surface area contributed by atoms with Gasteiger partial charge in [0.15, 0.2) is 0 Å². The summed E-state index contributed by atoms with van der Waals surface area (Å²) in [5, 5.41) is 21.5. The minimum absolute atomic E-state index is 0.259. The lowest BCUT2D eigenvalue weighted by atomic mass is 9.44. The molecule has 4 atom stereocenters. The number of fused-ring (bicyclic) bond motifs is 2. The molecule has 1 aliphatic carbocycles. The fraction of sp³-hybridized carbons (Fsp3) is 0.407. The Morgan fingerprint density at radius 3 is 2.64 bits per heavy atom. The Balaban J connectivity index is 1.41. The van der Waals surface area contributed by atoms with Crippen molar-refractivity contribution < 1.29 is 5.11 Å². The first-order valence-electron chi connectivity index (χ1n) is 12.2. The van der Waals surface area contributed by atoms with Crippen LogP contribution < -0.4 is 5.32 Å². The molecule has 0 bridgehead atoms. The van der Waals surface area contributed by atoms with Gasteiger partial charge in [-0.1, -0.05) is 26.8 Å². The summed E-state index contributed by atoms with van der Waals surface area (Å²) in [6.07, 6.45) is 10.2. The van der Waals surface area contributed by atoms with E-state index in [-0.39, 0.29) is 5.75 Å². The van der Waals surface area contributed by atoms with Crippen LogP contribution in [-0.2, 0) is 6.42 Å². The molecule has 0 spiro atoms. The second kappa shape index (κ2) is 7.45. The van der Waals surface area contributed by atoms with Gasteiger partial charge in [0.05, 0.1) is 17.2 Å². The van der Waals surface area contributed by atoms with E-state index in [1.807, 2.05) is 18.3 Å². The van der Waals surface area contributed by atoms with E-state index in [9.17, 15) is 5.11 Å². The van der Waals surface area contributed by atoms with Gasteiger partial charge >= 0.3 is 0 Å². The molecule has 4 aromatic rings. The molecule has 4 N–H and O–H groups in total. The first kappa shape index (κ1) is 20.5. The molecule has 1 saturated heterocycles. The molecular weight excluding hydrogens is 410 g/mol. The number of pyridine rings is 1. The zero-order valence-electron chi connectivity index (χ0n) is 19.4. The van der Waals surface area contributed by atoms with Crippen molar-refractivity contribution in [2.24, 2.45) is 5.41 Å². The standard InChI is InChI=1S/C27H31N5O/c1-4-21-18(17-8-7-15(9-23(17)33)16-12-29-30-13-16)10-22-26(31-21)19(14-28-22)20-11-25-27(20,6-3)24(5-2)32-25/h7-10,12-14,20,24-25,28,32-33H,4-6,11H2,1-3H3,(H,29,30). The lowest BCUT2D eigenvalue weighted by molar-refractivity contribution is -0.108. The first-order chi connectivity index (χ1) is 16.1. The average molecular weight is 442 g/mol. The first-order valence-corrected chi connectivity index (χ1v) is 12.2. The van der Waals surface area contributed by atoms with Crippen molar-refractivity contribution in [2.45, 2.75) is 64.5 Å². The number of phenols is 1. The van der Waals surface area contributed by atoms with E-state index in [0.717, 1.165) is 45.4 Å². The van der Waals surface area contributed by atoms with Crippen LogP contribution in [0.25, 0.3) is 33.3 Å². The Labute approximate surface area is 193 Å². The summed E-state index contributed by atoms with van der Waals surface area (Å²) < 4.78 is 0. The summed E-state index contributed by atoms with van der Waals surface area (Å²) >= 11 is 0. The third kappa shape index (κ3) is 2.76. The predicted octanol–water partition coefficient (Wildman–Crippen LogP) is 5.52. The van der Waals surface area contributed by atoms with Gasteiger partial charge in [0.1, 0.15) is 5.75 Å². The highest BCUT2D eigenvalue weighted by atomic mass is 16.3. The maximum atomic E-state index is 10.9. The van der Waals surface area contributed by atoms with Crippen molar-refractivity contribution in [3.8, 4) is 28.0 Å². The molecule has 1 aromatic carbocycles. The number of hydrogen-bond acceptors (Lipinski definition) is 4. The van der Waals surface area contributed by atoms with Crippen molar-refractivity contribution in [1.82, 2.24) is 25.5 Å². The van der Waals surface area contributed by atoms with E-state index in [0.29, 0.717) is 23.4 Å². The number of aryl methyl sites for hydroxylation is 1. The topological polar surface area (TPSA) is 89.6 Å². The van der Waals surface area contributed by atoms with Gasteiger partial charge in [-0.3, -0.25) is 10.1 Å². The highest BCUT2D eigenvalue weighted by Gasteiger charge is 2.65. The number of hydrogen-bond donors (Lipinski definition) is 4. The fourth-order valence-corrected chi connectivity index (χ4v) is 6.64. The number of phenolic OH excluding ortho intramolecular Hbond substituents is 1. The second-order valence-electron chi connectivity index (χ2n) is 9.63. The molecule has 6 heteroatoms. The van der Waals surface area contributed by atoms with Crippen LogP contribution in [0.3, 0.4) is 0 Å². The monoisotopic (exact) mass is 441 g/mol. The second-order valence-corrected chi connectivity index (χ2v) is 9.63. The summed E-state index contributed by atoms with van der Waals surface area (Å²) in [6, 6.07) is 9.24. The van der Waals surface area contributed by atoms with E-state index >= 15 is 0 Å². The molecule has 6 nitrogen and oxygen atoms in total. The van der Waals surface area contributed by atoms with Crippen LogP contribution >= 0.6 is 0 Å². The number of H-pyrrole nitrogens is 2. The maximum Gasteiger partial charge on any atom is 0.124 e. The summed E-state index contributed by atoms with van der Waals surface area (Å²) in [6.45, 7) is 6.77. The predicted molar refractivity (Wildman–Crippen MR) is 131 cm³/mol. The molecule has 0 radical (unpaired) electrons. The zero-order chi connectivity index (χ0) is 22.7. The molecule has 0 amide bonds. The number of nitrogens with zero attached hydrogens (tertiary/aromatic N) is 2. The highest BCUT2D eigenvalue weighted by Crippen LogP contribution is 2.63. The third-order valence-corrected chi connectivity index (χ3v) is 8.43. The Bertz CT molecular complexity index is 1320. The van der Waals surface area contributed by atoms with Crippen molar-refractivity contribution in [1.29, 1.82) is 0 Å². The summed E-state index contributed by atoms with van der Waals surface area (Å²) in [4.78, 5) is 8.68. The number of aromatic nitrogens is 4. The third-order valence-electron chi connectivity index (χ3n) is 8.43. The van der Waals surface area contributed by atoms with Crippen LogP contribution in [0.5, 0.6) is 5.75 Å². The smallest absolute Gasteiger partial charge is 0.124 e. The van der Waals surface area contributed by atoms with E-state index in [1.54, 1.807) is 12.3 Å². The average Bonchev–Trinajstić information content (AvgIpc) is 3.49. The minimum atomic E-state index is 0.259. The van der Waals surface area contributed by atoms with Gasteiger partial charge in [-0.15, -0.1) is 0 Å². The van der Waals surface area contributed by atoms with Crippen molar-refractivity contribution >= 4 is 11.0 Å². The van der Waals surface area contributed by atoms with Crippen LogP contribution in [0.15, 0.2) is 42.9 Å². The summed E-state index contributed by atoms with van der Waals surface area (Å²) in [5.41, 5.74) is 8.60. The molecule has 2 aliphatic rings. The molecule has 3 aromatic heterocycles. The van der Waals surface area contributed by atoms with Crippen molar-refractivity contribution in [3.05, 3.63) is 54.1 Å². The van der Waals surface area contributed by atoms with Gasteiger partial charge in [-0.05, 0) is 60.9 Å². The zero-order valence-corrected chi connectivity index (χ0v) is 19.4. The number of aromatic amines is 2. The number of rotatable bonds is 6. The molecule has 1 aliphatic heterocycles. The van der Waals surface area contributed by atoms with Crippen LogP contribution in [0.4, 0.5) is 0 Å². The largest absolute Gasteiger partial charge is 0.507 e. The van der Waals surface area contributed by atoms with Gasteiger partial charge in [-0.25, -0.2) is 0 Å². The molecular formula is C27H31N5O. The van der Waals surface area contributed by atoms with Crippen molar-refractivity contribution in [2.75, 3.05) is 0 Å². The lowest BCUT2D eigenvalue weighted by Gasteiger charge is -2.69. The maximum absolute atomic E-state index is 10.9. The number of aromatic hydroxyl groups is 1. The number of benzene rings is 1. The Kier molecular flexibility index (Phi) is 4.63. The SMILES string of the molecule is CCc1nc2c(C3CC4NC(CC)C43CC)c[nH]c2cc1-c1ccc(-c2cn[nH]c2)cc1O. The normalized spacial score (nSPS) is 26.1. The molecule has 4 heterocycles. The summed E-state index contributed by atoms with van der Waals surface area (Å²) in [7, 11) is 0. The Hall–Kier alpha value is -3.12. The molecule has 4 unspecified atom stereocenters. The van der Waals surface area contributed by atoms with Gasteiger partial charge in [0, 0.05) is 52.3 Å². The van der Waals surface area contributed by atoms with Crippen molar-refractivity contribution in [3.63, 3.8) is 0 Å². The Morgan fingerprint density at radius 1 is 1.09 bits per heavy atom. The highest BCUT2D eigenvalue weighted by molar-refractivity contribution is 5.87. The van der Waals surface area contributed by atoms with Crippen LogP contribution in [0.1, 0.15) is 57.2 Å². The summed E-state index contributed by atoms with van der Waals surface area (Å²) in [5.74, 6) is 0.813. The van der Waals surface area contributed by atoms with E-state index in [1.165, 1.54) is 24.8 Å². The van der Waals surface area contributed by atoms with Gasteiger partial charge in [-0.2, -0.15) is 5.10 Å². The van der Waals surface area contributed by atoms with E-state index < -0.39 is 0 Å². The molecule has 6 rings (SSSR count). The van der Waals surface area contributed by atoms with Crippen LogP contribution in [0.2, 0.25) is 0 Å². The minimum Gasteiger partial charge on any atom is -0.507 e. The quantitative estimate of drug-likeness (QED) is 0.317. The van der Waals surface area contributed by atoms with Gasteiger partial charge in [0.2, 0.25) is 0 Å². The molecule has 33 heavy (non-hydrogen) atoms. The van der Waals surface area contributed by atoms with E-state index in [2.05, 4.69) is 53.5 Å². The molecule has 2 fully saturated rings. The fourth-order valence-electron chi connectivity index (χ4n) is 6.64.